The van der Waals surface area contributed by atoms with Crippen LogP contribution in [0.4, 0.5) is 0 Å². The van der Waals surface area contributed by atoms with Crippen LogP contribution >= 0.6 is 11.6 Å². The van der Waals surface area contributed by atoms with Gasteiger partial charge in [0.25, 0.3) is 5.56 Å². The number of fused-ring (bicyclic) bond motifs is 1. The molecule has 4 nitrogen and oxygen atoms in total. The number of nitrogens with one attached hydrogen (secondary N) is 1. The van der Waals surface area contributed by atoms with Gasteiger partial charge in [0.15, 0.2) is 0 Å². The molecular formula is C17H21ClN2O2. The zero-order chi connectivity index (χ0) is 15.7. The molecule has 0 amide bonds. The summed E-state index contributed by atoms with van der Waals surface area (Å²) in [6.45, 7) is 2.07. The van der Waals surface area contributed by atoms with Crippen LogP contribution in [0.1, 0.15) is 32.6 Å². The number of rotatable bonds is 3. The van der Waals surface area contributed by atoms with Gasteiger partial charge >= 0.3 is 0 Å². The summed E-state index contributed by atoms with van der Waals surface area (Å²) in [5.74, 6) is 1.24. The van der Waals surface area contributed by atoms with Gasteiger partial charge in [-0.05, 0) is 62.1 Å². The third-order valence-corrected chi connectivity index (χ3v) is 4.88. The Kier molecular flexibility index (Phi) is 4.41. The van der Waals surface area contributed by atoms with Crippen molar-refractivity contribution in [2.24, 2.45) is 11.7 Å². The molecule has 1 unspecified atom stereocenters. The molecule has 118 valence electrons. The van der Waals surface area contributed by atoms with Crippen LogP contribution in [0.3, 0.4) is 0 Å². The molecule has 2 aromatic rings. The smallest absolute Gasteiger partial charge is 0.255 e. The first-order valence-electron chi connectivity index (χ1n) is 7.78. The molecule has 0 saturated heterocycles. The highest BCUT2D eigenvalue weighted by Crippen LogP contribution is 2.33. The number of pyridine rings is 1. The largest absolute Gasteiger partial charge is 0.489 e. The quantitative estimate of drug-likeness (QED) is 0.910. The summed E-state index contributed by atoms with van der Waals surface area (Å²) in [6, 6.07) is 5.63. The number of aromatic amines is 1. The summed E-state index contributed by atoms with van der Waals surface area (Å²) < 4.78 is 6.08. The Hall–Kier alpha value is -1.52. The molecule has 1 saturated carbocycles. The Morgan fingerprint density at radius 3 is 2.73 bits per heavy atom. The third-order valence-electron chi connectivity index (χ3n) is 4.58. The Labute approximate surface area is 134 Å². The van der Waals surface area contributed by atoms with E-state index in [1.165, 1.54) is 0 Å². The number of benzene rings is 1. The second-order valence-corrected chi connectivity index (χ2v) is 6.60. The van der Waals surface area contributed by atoms with Gasteiger partial charge in [0.2, 0.25) is 0 Å². The fourth-order valence-corrected chi connectivity index (χ4v) is 3.40. The number of H-pyrrole nitrogens is 1. The topological polar surface area (TPSA) is 68.1 Å². The van der Waals surface area contributed by atoms with E-state index in [9.17, 15) is 4.79 Å². The maximum atomic E-state index is 11.8. The van der Waals surface area contributed by atoms with E-state index < -0.39 is 0 Å². The molecule has 0 aliphatic heterocycles. The fourth-order valence-electron chi connectivity index (χ4n) is 3.19. The molecular weight excluding hydrogens is 300 g/mol. The van der Waals surface area contributed by atoms with E-state index in [0.29, 0.717) is 22.1 Å². The molecule has 3 N–H and O–H groups in total. The van der Waals surface area contributed by atoms with Gasteiger partial charge in [0.05, 0.1) is 11.1 Å². The highest BCUT2D eigenvalue weighted by Gasteiger charge is 2.25. The first kappa shape index (κ1) is 15.4. The summed E-state index contributed by atoms with van der Waals surface area (Å²) >= 11 is 6.28. The van der Waals surface area contributed by atoms with Gasteiger partial charge in [0.1, 0.15) is 5.75 Å². The summed E-state index contributed by atoms with van der Waals surface area (Å²) in [5.41, 5.74) is 5.84. The Morgan fingerprint density at radius 2 is 2.05 bits per heavy atom. The lowest BCUT2D eigenvalue weighted by molar-refractivity contribution is 0.125. The lowest BCUT2D eigenvalue weighted by atomic mass is 9.83. The van der Waals surface area contributed by atoms with Crippen molar-refractivity contribution in [3.8, 4) is 5.75 Å². The molecule has 1 aromatic heterocycles. The number of hydrogen-bond donors (Lipinski definition) is 2. The molecule has 1 aliphatic rings. The summed E-state index contributed by atoms with van der Waals surface area (Å²) in [4.78, 5) is 14.4. The van der Waals surface area contributed by atoms with Crippen LogP contribution in [0, 0.1) is 5.92 Å². The second-order valence-electron chi connectivity index (χ2n) is 6.19. The number of ether oxygens (including phenoxy) is 1. The first-order valence-corrected chi connectivity index (χ1v) is 8.15. The molecule has 1 atom stereocenters. The van der Waals surface area contributed by atoms with Crippen LogP contribution in [-0.4, -0.2) is 17.1 Å². The standard InChI is InChI=1S/C17H21ClN2O2/c1-10(19)11-2-4-13(5-3-11)22-16-8-12-6-7-20-17(21)14(12)9-15(16)18/h6-11,13H,2-5,19H2,1H3,(H,20,21). The molecule has 0 spiro atoms. The molecule has 0 bridgehead atoms. The third kappa shape index (κ3) is 3.13. The van der Waals surface area contributed by atoms with E-state index in [0.717, 1.165) is 31.1 Å². The van der Waals surface area contributed by atoms with Crippen LogP contribution in [0.15, 0.2) is 29.2 Å². The van der Waals surface area contributed by atoms with E-state index in [-0.39, 0.29) is 17.7 Å². The summed E-state index contributed by atoms with van der Waals surface area (Å²) in [5, 5.41) is 1.91. The van der Waals surface area contributed by atoms with Crippen molar-refractivity contribution >= 4 is 22.4 Å². The van der Waals surface area contributed by atoms with Crippen molar-refractivity contribution in [2.75, 3.05) is 0 Å². The van der Waals surface area contributed by atoms with Crippen molar-refractivity contribution in [1.29, 1.82) is 0 Å². The minimum atomic E-state index is -0.136. The Balaban J connectivity index is 1.77. The van der Waals surface area contributed by atoms with Crippen molar-refractivity contribution < 1.29 is 4.74 Å². The van der Waals surface area contributed by atoms with Crippen LogP contribution in [0.5, 0.6) is 5.75 Å². The Bertz CT molecular complexity index is 718. The average Bonchev–Trinajstić information content (AvgIpc) is 2.50. The van der Waals surface area contributed by atoms with Crippen LogP contribution in [0.25, 0.3) is 10.8 Å². The maximum absolute atomic E-state index is 11.8. The summed E-state index contributed by atoms with van der Waals surface area (Å²) in [7, 11) is 0. The van der Waals surface area contributed by atoms with Crippen LogP contribution in [0.2, 0.25) is 5.02 Å². The van der Waals surface area contributed by atoms with E-state index in [1.807, 2.05) is 12.1 Å². The molecule has 0 radical (unpaired) electrons. The van der Waals surface area contributed by atoms with Gasteiger partial charge in [-0.25, -0.2) is 0 Å². The predicted molar refractivity (Wildman–Crippen MR) is 89.6 cm³/mol. The lowest BCUT2D eigenvalue weighted by Gasteiger charge is -2.31. The highest BCUT2D eigenvalue weighted by molar-refractivity contribution is 6.32. The van der Waals surface area contributed by atoms with Crippen molar-refractivity contribution in [1.82, 2.24) is 4.98 Å². The zero-order valence-electron chi connectivity index (χ0n) is 12.6. The van der Waals surface area contributed by atoms with E-state index in [4.69, 9.17) is 22.1 Å². The molecule has 1 fully saturated rings. The van der Waals surface area contributed by atoms with E-state index in [1.54, 1.807) is 12.3 Å². The van der Waals surface area contributed by atoms with Gasteiger partial charge < -0.3 is 15.5 Å². The van der Waals surface area contributed by atoms with Crippen LogP contribution < -0.4 is 16.0 Å². The van der Waals surface area contributed by atoms with Gasteiger partial charge in [0, 0.05) is 17.6 Å². The van der Waals surface area contributed by atoms with Gasteiger partial charge in [-0.2, -0.15) is 0 Å². The van der Waals surface area contributed by atoms with Crippen molar-refractivity contribution in [3.63, 3.8) is 0 Å². The van der Waals surface area contributed by atoms with Gasteiger partial charge in [-0.15, -0.1) is 0 Å². The van der Waals surface area contributed by atoms with Gasteiger partial charge in [-0.1, -0.05) is 11.6 Å². The van der Waals surface area contributed by atoms with Gasteiger partial charge in [-0.3, -0.25) is 4.79 Å². The molecule has 1 aromatic carbocycles. The second kappa shape index (κ2) is 6.31. The number of hydrogen-bond acceptors (Lipinski definition) is 3. The molecule has 1 aliphatic carbocycles. The first-order chi connectivity index (χ1) is 10.5. The molecule has 3 rings (SSSR count). The molecule has 1 heterocycles. The minimum Gasteiger partial charge on any atom is -0.489 e. The lowest BCUT2D eigenvalue weighted by Crippen LogP contribution is -2.33. The SMILES string of the molecule is CC(N)C1CCC(Oc2cc3cc[nH]c(=O)c3cc2Cl)CC1. The maximum Gasteiger partial charge on any atom is 0.255 e. The van der Waals surface area contributed by atoms with E-state index in [2.05, 4.69) is 11.9 Å². The summed E-state index contributed by atoms with van der Waals surface area (Å²) in [6.07, 6.45) is 5.98. The predicted octanol–water partition coefficient (Wildman–Crippen LogP) is 3.47. The van der Waals surface area contributed by atoms with E-state index >= 15 is 0 Å². The minimum absolute atomic E-state index is 0.136. The highest BCUT2D eigenvalue weighted by atomic mass is 35.5. The number of nitrogens with two attached hydrogens (primary N) is 1. The monoisotopic (exact) mass is 320 g/mol. The normalized spacial score (nSPS) is 23.4. The fraction of sp³-hybridized carbons (Fsp3) is 0.471. The Morgan fingerprint density at radius 1 is 1.32 bits per heavy atom. The van der Waals surface area contributed by atoms with Crippen LogP contribution in [-0.2, 0) is 0 Å². The van der Waals surface area contributed by atoms with Crippen molar-refractivity contribution in [3.05, 3.63) is 39.8 Å². The average molecular weight is 321 g/mol. The number of aromatic nitrogens is 1. The molecule has 5 heteroatoms. The molecule has 22 heavy (non-hydrogen) atoms. The zero-order valence-corrected chi connectivity index (χ0v) is 13.4. The van der Waals surface area contributed by atoms with Crippen molar-refractivity contribution in [2.45, 2.75) is 44.8 Å². The number of halogens is 1.